The summed E-state index contributed by atoms with van der Waals surface area (Å²) in [6.07, 6.45) is 4.88. The fourth-order valence-electron chi connectivity index (χ4n) is 2.81. The first-order valence-electron chi connectivity index (χ1n) is 7.04. The number of nitrogens with two attached hydrogens (primary N) is 1. The Balaban J connectivity index is 1.80. The van der Waals surface area contributed by atoms with Crippen LogP contribution in [0.15, 0.2) is 18.2 Å². The van der Waals surface area contributed by atoms with Crippen molar-refractivity contribution in [3.63, 3.8) is 0 Å². The molecule has 1 atom stereocenters. The zero-order valence-electron chi connectivity index (χ0n) is 11.4. The van der Waals surface area contributed by atoms with Gasteiger partial charge in [0, 0.05) is 26.6 Å². The number of imidazole rings is 1. The van der Waals surface area contributed by atoms with Gasteiger partial charge in [0.15, 0.2) is 0 Å². The number of rotatable bonds is 4. The fraction of sp³-hybridized carbons (Fsp3) is 0.533. The van der Waals surface area contributed by atoms with Gasteiger partial charge in [0.1, 0.15) is 5.82 Å². The van der Waals surface area contributed by atoms with Gasteiger partial charge < -0.3 is 15.0 Å². The molecule has 1 fully saturated rings. The van der Waals surface area contributed by atoms with Gasteiger partial charge in [-0.1, -0.05) is 6.07 Å². The zero-order chi connectivity index (χ0) is 13.2. The van der Waals surface area contributed by atoms with Gasteiger partial charge in [-0.3, -0.25) is 0 Å². The third-order valence-electron chi connectivity index (χ3n) is 3.99. The predicted molar refractivity (Wildman–Crippen MR) is 75.9 cm³/mol. The molecule has 2 N–H and O–H groups in total. The highest BCUT2D eigenvalue weighted by molar-refractivity contribution is 5.76. The maximum absolute atomic E-state index is 5.68. The normalized spacial score (nSPS) is 19.4. The van der Waals surface area contributed by atoms with Crippen LogP contribution < -0.4 is 5.73 Å². The molecule has 4 heteroatoms. The minimum Gasteiger partial charge on any atom is -0.378 e. The average molecular weight is 259 g/mol. The quantitative estimate of drug-likeness (QED) is 0.915. The summed E-state index contributed by atoms with van der Waals surface area (Å²) < 4.78 is 7.86. The lowest BCUT2D eigenvalue weighted by atomic mass is 10.1. The van der Waals surface area contributed by atoms with E-state index in [0.717, 1.165) is 36.4 Å². The second kappa shape index (κ2) is 5.31. The van der Waals surface area contributed by atoms with Crippen molar-refractivity contribution in [2.24, 2.45) is 12.8 Å². The van der Waals surface area contributed by atoms with Crippen LogP contribution in [0.5, 0.6) is 0 Å². The SMILES string of the molecule is Cn1c(CCC2CCCO2)nc2cc(CN)ccc21. The van der Waals surface area contributed by atoms with Crippen LogP contribution in [-0.2, 0) is 24.8 Å². The maximum Gasteiger partial charge on any atom is 0.109 e. The molecule has 1 aliphatic heterocycles. The Kier molecular flexibility index (Phi) is 3.53. The van der Waals surface area contributed by atoms with Crippen LogP contribution in [0.1, 0.15) is 30.7 Å². The largest absolute Gasteiger partial charge is 0.378 e. The van der Waals surface area contributed by atoms with E-state index in [-0.39, 0.29) is 0 Å². The molecule has 102 valence electrons. The van der Waals surface area contributed by atoms with Crippen LogP contribution in [0, 0.1) is 0 Å². The van der Waals surface area contributed by atoms with Crippen molar-refractivity contribution in [3.05, 3.63) is 29.6 Å². The summed E-state index contributed by atoms with van der Waals surface area (Å²) in [4.78, 5) is 4.73. The Morgan fingerprint density at radius 3 is 3.11 bits per heavy atom. The highest BCUT2D eigenvalue weighted by Crippen LogP contribution is 2.21. The highest BCUT2D eigenvalue weighted by atomic mass is 16.5. The van der Waals surface area contributed by atoms with Crippen LogP contribution in [-0.4, -0.2) is 22.3 Å². The molecule has 0 radical (unpaired) electrons. The molecule has 3 rings (SSSR count). The summed E-state index contributed by atoms with van der Waals surface area (Å²) >= 11 is 0. The Bertz CT molecular complexity index is 570. The Morgan fingerprint density at radius 2 is 2.37 bits per heavy atom. The number of fused-ring (bicyclic) bond motifs is 1. The number of aryl methyl sites for hydroxylation is 2. The fourth-order valence-corrected chi connectivity index (χ4v) is 2.81. The lowest BCUT2D eigenvalue weighted by molar-refractivity contribution is 0.104. The van der Waals surface area contributed by atoms with Gasteiger partial charge in [0.05, 0.1) is 17.1 Å². The minimum absolute atomic E-state index is 0.430. The van der Waals surface area contributed by atoms with Crippen molar-refractivity contribution in [2.45, 2.75) is 38.3 Å². The second-order valence-electron chi connectivity index (χ2n) is 5.29. The van der Waals surface area contributed by atoms with Crippen LogP contribution in [0.4, 0.5) is 0 Å². The number of ether oxygens (including phenoxy) is 1. The molecule has 1 saturated heterocycles. The highest BCUT2D eigenvalue weighted by Gasteiger charge is 2.17. The van der Waals surface area contributed by atoms with E-state index in [1.807, 2.05) is 0 Å². The van der Waals surface area contributed by atoms with Gasteiger partial charge in [-0.15, -0.1) is 0 Å². The van der Waals surface area contributed by atoms with Crippen molar-refractivity contribution in [3.8, 4) is 0 Å². The molecular weight excluding hydrogens is 238 g/mol. The van der Waals surface area contributed by atoms with Crippen LogP contribution >= 0.6 is 0 Å². The molecule has 0 spiro atoms. The molecule has 1 aromatic carbocycles. The van der Waals surface area contributed by atoms with E-state index in [1.165, 1.54) is 18.4 Å². The Hall–Kier alpha value is -1.39. The summed E-state index contributed by atoms with van der Waals surface area (Å²) in [6, 6.07) is 6.28. The van der Waals surface area contributed by atoms with Crippen molar-refractivity contribution in [1.82, 2.24) is 9.55 Å². The zero-order valence-corrected chi connectivity index (χ0v) is 11.4. The van der Waals surface area contributed by atoms with Crippen molar-refractivity contribution >= 4 is 11.0 Å². The first kappa shape index (κ1) is 12.6. The molecule has 0 amide bonds. The van der Waals surface area contributed by atoms with Crippen LogP contribution in [0.2, 0.25) is 0 Å². The third kappa shape index (κ3) is 2.51. The predicted octanol–water partition coefficient (Wildman–Crippen LogP) is 2.14. The Morgan fingerprint density at radius 1 is 1.47 bits per heavy atom. The standard InChI is InChI=1S/C15H21N3O/c1-18-14-6-4-11(10-16)9-13(14)17-15(18)7-5-12-3-2-8-19-12/h4,6,9,12H,2-3,5,7-8,10,16H2,1H3. The van der Waals surface area contributed by atoms with Crippen LogP contribution in [0.3, 0.4) is 0 Å². The number of hydrogen-bond donors (Lipinski definition) is 1. The summed E-state index contributed by atoms with van der Waals surface area (Å²) in [5.41, 5.74) is 9.04. The van der Waals surface area contributed by atoms with Crippen molar-refractivity contribution in [1.29, 1.82) is 0 Å². The summed E-state index contributed by atoms with van der Waals surface area (Å²) in [5, 5.41) is 0. The molecule has 1 unspecified atom stereocenters. The Labute approximate surface area is 113 Å². The summed E-state index contributed by atoms with van der Waals surface area (Å²) in [7, 11) is 2.09. The third-order valence-corrected chi connectivity index (χ3v) is 3.99. The average Bonchev–Trinajstić information content (AvgIpc) is 3.04. The minimum atomic E-state index is 0.430. The molecule has 0 saturated carbocycles. The van der Waals surface area contributed by atoms with Gasteiger partial charge in [-0.2, -0.15) is 0 Å². The number of benzene rings is 1. The molecule has 1 aliphatic rings. The van der Waals surface area contributed by atoms with Gasteiger partial charge in [-0.05, 0) is 37.0 Å². The number of aromatic nitrogens is 2. The van der Waals surface area contributed by atoms with E-state index in [9.17, 15) is 0 Å². The van der Waals surface area contributed by atoms with Crippen molar-refractivity contribution in [2.75, 3.05) is 6.61 Å². The second-order valence-corrected chi connectivity index (χ2v) is 5.29. The van der Waals surface area contributed by atoms with Crippen molar-refractivity contribution < 1.29 is 4.74 Å². The number of nitrogens with zero attached hydrogens (tertiary/aromatic N) is 2. The van der Waals surface area contributed by atoms with Gasteiger partial charge in [0.2, 0.25) is 0 Å². The topological polar surface area (TPSA) is 53.1 Å². The van der Waals surface area contributed by atoms with E-state index in [2.05, 4.69) is 29.8 Å². The van der Waals surface area contributed by atoms with E-state index < -0.39 is 0 Å². The lowest BCUT2D eigenvalue weighted by Gasteiger charge is -2.08. The van der Waals surface area contributed by atoms with Gasteiger partial charge in [-0.25, -0.2) is 4.98 Å². The first-order valence-corrected chi connectivity index (χ1v) is 7.04. The van der Waals surface area contributed by atoms with E-state index >= 15 is 0 Å². The smallest absolute Gasteiger partial charge is 0.109 e. The first-order chi connectivity index (χ1) is 9.28. The molecule has 19 heavy (non-hydrogen) atoms. The molecule has 1 aromatic heterocycles. The molecule has 0 bridgehead atoms. The molecule has 0 aliphatic carbocycles. The monoisotopic (exact) mass is 259 g/mol. The molecule has 2 heterocycles. The van der Waals surface area contributed by atoms with Crippen LogP contribution in [0.25, 0.3) is 11.0 Å². The number of hydrogen-bond acceptors (Lipinski definition) is 3. The summed E-state index contributed by atoms with van der Waals surface area (Å²) in [5.74, 6) is 1.14. The summed E-state index contributed by atoms with van der Waals surface area (Å²) in [6.45, 7) is 1.49. The van der Waals surface area contributed by atoms with E-state index in [0.29, 0.717) is 12.6 Å². The maximum atomic E-state index is 5.68. The molecular formula is C15H21N3O. The van der Waals surface area contributed by atoms with Gasteiger partial charge >= 0.3 is 0 Å². The van der Waals surface area contributed by atoms with E-state index in [4.69, 9.17) is 15.5 Å². The lowest BCUT2D eigenvalue weighted by Crippen LogP contribution is -2.08. The molecule has 2 aromatic rings. The van der Waals surface area contributed by atoms with Gasteiger partial charge in [0.25, 0.3) is 0 Å². The molecule has 4 nitrogen and oxygen atoms in total. The van der Waals surface area contributed by atoms with E-state index in [1.54, 1.807) is 0 Å².